The Morgan fingerprint density at radius 1 is 1.11 bits per heavy atom. The average Bonchev–Trinajstić information content (AvgIpc) is 1.61. The van der Waals surface area contributed by atoms with Crippen molar-refractivity contribution >= 4 is 0 Å². The molecule has 0 amide bonds. The molecule has 0 aromatic carbocycles. The molecule has 2 N–H and O–H groups in total. The second-order valence-corrected chi connectivity index (χ2v) is 2.07. The Hall–Kier alpha value is -0.968. The van der Waals surface area contributed by atoms with E-state index in [1.54, 1.807) is 0 Å². The van der Waals surface area contributed by atoms with Gasteiger partial charge in [-0.1, -0.05) is 0 Å². The van der Waals surface area contributed by atoms with Crippen molar-refractivity contribution in [3.8, 4) is 12.1 Å². The molecule has 9 heavy (non-hydrogen) atoms. The molecule has 0 aliphatic carbocycles. The first-order chi connectivity index (χ1) is 3.91. The Balaban J connectivity index is 0. The van der Waals surface area contributed by atoms with Gasteiger partial charge in [0.05, 0.1) is 0 Å². The Kier molecular flexibility index (Phi) is 6.28. The van der Waals surface area contributed by atoms with Crippen LogP contribution in [0.1, 0.15) is 0 Å². The zero-order valence-electron chi connectivity index (χ0n) is 4.01. The maximum atomic E-state index is 8.82. The molecule has 0 aromatic heterocycles. The van der Waals surface area contributed by atoms with E-state index in [9.17, 15) is 0 Å². The van der Waals surface area contributed by atoms with Crippen LogP contribution in [-0.2, 0) is 21.2 Å². The van der Waals surface area contributed by atoms with Crippen LogP contribution >= 0.6 is 0 Å². The first kappa shape index (κ1) is 10.9. The van der Waals surface area contributed by atoms with E-state index in [0.29, 0.717) is 0 Å². The summed E-state index contributed by atoms with van der Waals surface area (Å²) in [6.07, 6.45) is 0. The summed E-state index contributed by atoms with van der Waals surface area (Å²) >= 11 is -5.25. The fraction of sp³-hybridized carbons (Fsp3) is 0. The number of nitriles is 2. The summed E-state index contributed by atoms with van der Waals surface area (Å²) in [6, 6.07) is 2.47. The van der Waals surface area contributed by atoms with Crippen LogP contribution in [0.5, 0.6) is 0 Å². The third kappa shape index (κ3) is 169000. The van der Waals surface area contributed by atoms with Gasteiger partial charge in [0.25, 0.3) is 0 Å². The molecule has 0 saturated heterocycles. The molecule has 0 aliphatic heterocycles. The second-order valence-electron chi connectivity index (χ2n) is 0.671. The third-order valence-electron chi connectivity index (χ3n) is 0.0500. The van der Waals surface area contributed by atoms with Gasteiger partial charge in [-0.15, -0.1) is 0 Å². The van der Waals surface area contributed by atoms with Crippen LogP contribution in [0.4, 0.5) is 0 Å². The van der Waals surface area contributed by atoms with Gasteiger partial charge in [0.15, 0.2) is 12.1 Å². The average molecular weight is 170 g/mol. The van der Waals surface area contributed by atoms with Gasteiger partial charge in [0.2, 0.25) is 0 Å². The fourth-order valence-electron chi connectivity index (χ4n) is 0. The van der Waals surface area contributed by atoms with Crippen LogP contribution in [0.2, 0.25) is 0 Å². The molecule has 0 aliphatic rings. The molecule has 0 rings (SSSR count). The summed E-state index contributed by atoms with van der Waals surface area (Å²) in [5.41, 5.74) is 0. The van der Waals surface area contributed by atoms with Gasteiger partial charge in [-0.25, -0.2) is 0 Å². The third-order valence-corrected chi connectivity index (χ3v) is 0.0500. The van der Waals surface area contributed by atoms with Crippen LogP contribution < -0.4 is 0 Å². The predicted molar refractivity (Wildman–Crippen MR) is 17.0 cm³/mol. The van der Waals surface area contributed by atoms with Crippen molar-refractivity contribution in [3.05, 3.63) is 0 Å². The van der Waals surface area contributed by atoms with E-state index < -0.39 is 13.6 Å². The number of rotatable bonds is 0. The second kappa shape index (κ2) is 5.17. The molecular formula is C2H2CrN2O4. The molecule has 6 nitrogen and oxygen atoms in total. The molecule has 0 heterocycles. The Labute approximate surface area is 53.0 Å². The Bertz CT molecular complexity index is 208. The summed E-state index contributed by atoms with van der Waals surface area (Å²) in [7, 11) is 0. The minimum absolute atomic E-state index is 1.24. The van der Waals surface area contributed by atoms with Gasteiger partial charge in [-0.05, 0) is 0 Å². The molecule has 7 heteroatoms. The topological polar surface area (TPSA) is 122 Å². The van der Waals surface area contributed by atoms with E-state index in [0.717, 1.165) is 0 Å². The molecule has 0 unspecified atom stereocenters. The number of hydrogen-bond donors (Lipinski definition) is 2. The van der Waals surface area contributed by atoms with E-state index >= 15 is 0 Å². The molecule has 0 atom stereocenters. The van der Waals surface area contributed by atoms with Gasteiger partial charge in [-0.3, -0.25) is 0 Å². The van der Waals surface area contributed by atoms with Crippen molar-refractivity contribution in [2.24, 2.45) is 0 Å². The standard InChI is InChI=1S/C2N2.Cr.2H2O.2O/c3-1-2-4;;;;;/h;;2*1H2;;/q;+2;;;;/p-2. The Morgan fingerprint density at radius 2 is 1.22 bits per heavy atom. The van der Waals surface area contributed by atoms with E-state index in [4.69, 9.17) is 26.4 Å². The normalized spacial score (nSPS) is 7.56. The SMILES string of the molecule is N#CC#N.[O]=[Cr](=[O])([OH])[OH]. The zero-order valence-corrected chi connectivity index (χ0v) is 5.29. The maximum absolute atomic E-state index is 8.82. The van der Waals surface area contributed by atoms with Crippen molar-refractivity contribution in [3.63, 3.8) is 0 Å². The van der Waals surface area contributed by atoms with Crippen molar-refractivity contribution in [2.45, 2.75) is 0 Å². The van der Waals surface area contributed by atoms with Gasteiger partial charge in [-0.2, -0.15) is 10.5 Å². The van der Waals surface area contributed by atoms with Crippen LogP contribution in [0.15, 0.2) is 0 Å². The number of hydrogen-bond acceptors (Lipinski definition) is 4. The molecular weight excluding hydrogens is 168 g/mol. The molecule has 0 aromatic rings. The van der Waals surface area contributed by atoms with Crippen LogP contribution in [0.3, 0.4) is 0 Å². The molecule has 0 bridgehead atoms. The zero-order chi connectivity index (χ0) is 7.91. The van der Waals surface area contributed by atoms with E-state index in [1.807, 2.05) is 0 Å². The fourth-order valence-corrected chi connectivity index (χ4v) is 0. The van der Waals surface area contributed by atoms with Gasteiger partial charge < -0.3 is 0 Å². The van der Waals surface area contributed by atoms with Gasteiger partial charge >= 0.3 is 29.5 Å². The first-order valence-corrected chi connectivity index (χ1v) is 3.58. The minimum atomic E-state index is -5.25. The predicted octanol–water partition coefficient (Wildman–Crippen LogP) is -1.32. The summed E-state index contributed by atoms with van der Waals surface area (Å²) in [5, 5.41) is 14.5. The quantitative estimate of drug-likeness (QED) is 0.464. The summed E-state index contributed by atoms with van der Waals surface area (Å²) in [6.45, 7) is 0. The van der Waals surface area contributed by atoms with Crippen LogP contribution in [0.25, 0.3) is 0 Å². The van der Waals surface area contributed by atoms with Crippen LogP contribution in [-0.4, -0.2) is 8.32 Å². The van der Waals surface area contributed by atoms with Gasteiger partial charge in [0, 0.05) is 0 Å². The molecule has 0 radical (unpaired) electrons. The molecule has 50 valence electrons. The summed E-state index contributed by atoms with van der Waals surface area (Å²) in [4.78, 5) is 0. The monoisotopic (exact) mass is 170 g/mol. The van der Waals surface area contributed by atoms with Gasteiger partial charge in [0.1, 0.15) is 0 Å². The van der Waals surface area contributed by atoms with Crippen LogP contribution in [0, 0.1) is 22.7 Å². The Morgan fingerprint density at radius 3 is 1.22 bits per heavy atom. The van der Waals surface area contributed by atoms with E-state index in [-0.39, 0.29) is 0 Å². The van der Waals surface area contributed by atoms with Crippen molar-refractivity contribution < 1.29 is 29.5 Å². The molecule has 0 fully saturated rings. The van der Waals surface area contributed by atoms with Crippen molar-refractivity contribution in [1.82, 2.24) is 0 Å². The van der Waals surface area contributed by atoms with Crippen molar-refractivity contribution in [2.75, 3.05) is 0 Å². The molecule has 0 saturated carbocycles. The summed E-state index contributed by atoms with van der Waals surface area (Å²) < 4.78 is 31.9. The molecule has 0 spiro atoms. The van der Waals surface area contributed by atoms with E-state index in [1.165, 1.54) is 12.1 Å². The first-order valence-electron chi connectivity index (χ1n) is 1.40. The number of nitrogens with zero attached hydrogens (tertiary/aromatic N) is 2. The van der Waals surface area contributed by atoms with Crippen molar-refractivity contribution in [1.29, 1.82) is 10.5 Å². The van der Waals surface area contributed by atoms with E-state index in [2.05, 4.69) is 0 Å². The summed E-state index contributed by atoms with van der Waals surface area (Å²) in [5.74, 6) is 0.